The van der Waals surface area contributed by atoms with Gasteiger partial charge in [0.05, 0.1) is 6.20 Å². The Morgan fingerprint density at radius 2 is 2.29 bits per heavy atom. The zero-order valence-corrected chi connectivity index (χ0v) is 7.39. The lowest BCUT2D eigenvalue weighted by atomic mass is 10.4. The fraction of sp³-hybridized carbons (Fsp3) is 0.286. The van der Waals surface area contributed by atoms with E-state index in [0.717, 1.165) is 12.3 Å². The summed E-state index contributed by atoms with van der Waals surface area (Å²) in [6.45, 7) is 1.42. The quantitative estimate of drug-likeness (QED) is 0.564. The maximum atomic E-state index is 11.0. The summed E-state index contributed by atoms with van der Waals surface area (Å²) in [6, 6.07) is 0.212. The molecule has 0 amide bonds. The monoisotopic (exact) mass is 199 g/mol. The van der Waals surface area contributed by atoms with E-state index in [2.05, 4.69) is 4.84 Å². The van der Waals surface area contributed by atoms with Crippen molar-refractivity contribution in [3.8, 4) is 0 Å². The summed E-state index contributed by atoms with van der Waals surface area (Å²) in [4.78, 5) is 39.0. The van der Waals surface area contributed by atoms with Gasteiger partial charge in [0.1, 0.15) is 6.04 Å². The highest BCUT2D eigenvalue weighted by Crippen LogP contribution is 1.78. The van der Waals surface area contributed by atoms with Gasteiger partial charge in [-0.2, -0.15) is 0 Å². The SMILES string of the molecule is C[C@H](N)C(=O)On1ccc(=O)[nH]c1=O. The lowest BCUT2D eigenvalue weighted by molar-refractivity contribution is -0.145. The molecule has 0 radical (unpaired) electrons. The lowest BCUT2D eigenvalue weighted by Crippen LogP contribution is -2.41. The molecule has 7 heteroatoms. The molecule has 0 aliphatic carbocycles. The summed E-state index contributed by atoms with van der Waals surface area (Å²) in [5, 5.41) is 0. The Hall–Kier alpha value is -1.89. The highest BCUT2D eigenvalue weighted by atomic mass is 16.7. The summed E-state index contributed by atoms with van der Waals surface area (Å²) < 4.78 is 0.604. The second-order valence-electron chi connectivity index (χ2n) is 2.63. The van der Waals surface area contributed by atoms with E-state index in [0.29, 0.717) is 4.73 Å². The number of nitrogens with zero attached hydrogens (tertiary/aromatic N) is 1. The smallest absolute Gasteiger partial charge is 0.330 e. The van der Waals surface area contributed by atoms with Gasteiger partial charge < -0.3 is 10.6 Å². The molecule has 1 aromatic heterocycles. The second kappa shape index (κ2) is 3.88. The molecule has 0 spiro atoms. The normalized spacial score (nSPS) is 12.1. The minimum atomic E-state index is -0.839. The topological polar surface area (TPSA) is 107 Å². The number of H-pyrrole nitrogens is 1. The number of aromatic amines is 1. The third-order valence-electron chi connectivity index (χ3n) is 1.35. The van der Waals surface area contributed by atoms with E-state index < -0.39 is 23.3 Å². The van der Waals surface area contributed by atoms with Gasteiger partial charge in [-0.25, -0.2) is 9.59 Å². The van der Waals surface area contributed by atoms with Crippen molar-refractivity contribution >= 4 is 5.97 Å². The lowest BCUT2D eigenvalue weighted by Gasteiger charge is -2.06. The van der Waals surface area contributed by atoms with Crippen LogP contribution in [0.4, 0.5) is 0 Å². The molecule has 0 fully saturated rings. The average molecular weight is 199 g/mol. The summed E-state index contributed by atoms with van der Waals surface area (Å²) in [6.07, 6.45) is 1.04. The molecule has 1 aromatic rings. The van der Waals surface area contributed by atoms with Gasteiger partial charge >= 0.3 is 11.7 Å². The van der Waals surface area contributed by atoms with E-state index in [9.17, 15) is 14.4 Å². The number of nitrogens with two attached hydrogens (primary N) is 1. The van der Waals surface area contributed by atoms with Crippen LogP contribution < -0.4 is 21.8 Å². The highest BCUT2D eigenvalue weighted by Gasteiger charge is 2.10. The van der Waals surface area contributed by atoms with E-state index in [1.54, 1.807) is 0 Å². The first kappa shape index (κ1) is 10.2. The van der Waals surface area contributed by atoms with Gasteiger partial charge in [-0.3, -0.25) is 9.78 Å². The minimum absolute atomic E-state index is 0.567. The van der Waals surface area contributed by atoms with Crippen LogP contribution in [-0.4, -0.2) is 21.7 Å². The zero-order valence-electron chi connectivity index (χ0n) is 7.39. The van der Waals surface area contributed by atoms with E-state index in [1.165, 1.54) is 6.92 Å². The molecule has 1 heterocycles. The van der Waals surface area contributed by atoms with Crippen molar-refractivity contribution in [3.05, 3.63) is 33.1 Å². The maximum Gasteiger partial charge on any atom is 0.361 e. The summed E-state index contributed by atoms with van der Waals surface area (Å²) in [5.41, 5.74) is 3.81. The molecule has 0 aromatic carbocycles. The van der Waals surface area contributed by atoms with E-state index in [1.807, 2.05) is 4.98 Å². The Morgan fingerprint density at radius 3 is 2.79 bits per heavy atom. The number of hydrogen-bond donors (Lipinski definition) is 2. The average Bonchev–Trinajstić information content (AvgIpc) is 2.09. The van der Waals surface area contributed by atoms with Crippen LogP contribution >= 0.6 is 0 Å². The molecular weight excluding hydrogens is 190 g/mol. The molecule has 1 rings (SSSR count). The van der Waals surface area contributed by atoms with Crippen molar-refractivity contribution in [1.82, 2.24) is 9.71 Å². The van der Waals surface area contributed by atoms with Crippen LogP contribution in [0, 0.1) is 0 Å². The van der Waals surface area contributed by atoms with Crippen LogP contribution in [0.2, 0.25) is 0 Å². The molecule has 7 nitrogen and oxygen atoms in total. The molecule has 3 N–H and O–H groups in total. The molecule has 1 atom stereocenters. The number of carbonyl (C=O) groups is 1. The van der Waals surface area contributed by atoms with Crippen molar-refractivity contribution < 1.29 is 9.63 Å². The molecule has 76 valence electrons. The largest absolute Gasteiger partial charge is 0.361 e. The van der Waals surface area contributed by atoms with Crippen LogP contribution in [-0.2, 0) is 4.79 Å². The third-order valence-corrected chi connectivity index (χ3v) is 1.35. The van der Waals surface area contributed by atoms with Crippen LogP contribution in [0.3, 0.4) is 0 Å². The van der Waals surface area contributed by atoms with Crippen molar-refractivity contribution in [2.75, 3.05) is 0 Å². The number of hydrogen-bond acceptors (Lipinski definition) is 5. The molecule has 0 aliphatic heterocycles. The fourth-order valence-electron chi connectivity index (χ4n) is 0.657. The third kappa shape index (κ3) is 2.30. The van der Waals surface area contributed by atoms with Gasteiger partial charge in [-0.15, -0.1) is 4.73 Å². The Labute approximate surface area is 78.1 Å². The van der Waals surface area contributed by atoms with Crippen LogP contribution in [0.5, 0.6) is 0 Å². The molecule has 0 saturated heterocycles. The van der Waals surface area contributed by atoms with Crippen molar-refractivity contribution in [1.29, 1.82) is 0 Å². The number of carbonyl (C=O) groups excluding carboxylic acids is 1. The van der Waals surface area contributed by atoms with Crippen LogP contribution in [0.1, 0.15) is 6.92 Å². The zero-order chi connectivity index (χ0) is 10.7. The molecule has 0 unspecified atom stereocenters. The summed E-state index contributed by atoms with van der Waals surface area (Å²) in [5.74, 6) is -0.765. The minimum Gasteiger partial charge on any atom is -0.330 e. The Bertz CT molecular complexity index is 445. The first-order valence-electron chi connectivity index (χ1n) is 3.80. The van der Waals surface area contributed by atoms with E-state index >= 15 is 0 Å². The van der Waals surface area contributed by atoms with Gasteiger partial charge in [-0.05, 0) is 6.92 Å². The molecule has 0 aliphatic rings. The number of rotatable bonds is 2. The summed E-state index contributed by atoms with van der Waals surface area (Å²) >= 11 is 0. The van der Waals surface area contributed by atoms with Crippen molar-refractivity contribution in [3.63, 3.8) is 0 Å². The number of nitrogens with one attached hydrogen (secondary N) is 1. The van der Waals surface area contributed by atoms with Gasteiger partial charge in [0, 0.05) is 6.07 Å². The van der Waals surface area contributed by atoms with Crippen LogP contribution in [0.25, 0.3) is 0 Å². The molecular formula is C7H9N3O4. The maximum absolute atomic E-state index is 11.0. The first-order valence-corrected chi connectivity index (χ1v) is 3.80. The second-order valence-corrected chi connectivity index (χ2v) is 2.63. The van der Waals surface area contributed by atoms with E-state index in [4.69, 9.17) is 5.73 Å². The fourth-order valence-corrected chi connectivity index (χ4v) is 0.657. The van der Waals surface area contributed by atoms with Gasteiger partial charge in [0.15, 0.2) is 0 Å². The predicted molar refractivity (Wildman–Crippen MR) is 46.6 cm³/mol. The van der Waals surface area contributed by atoms with Crippen LogP contribution in [0.15, 0.2) is 21.9 Å². The van der Waals surface area contributed by atoms with Crippen molar-refractivity contribution in [2.24, 2.45) is 5.73 Å². The first-order chi connectivity index (χ1) is 6.50. The summed E-state index contributed by atoms with van der Waals surface area (Å²) in [7, 11) is 0. The molecule has 0 bridgehead atoms. The molecule has 14 heavy (non-hydrogen) atoms. The molecule has 0 saturated carbocycles. The van der Waals surface area contributed by atoms with Gasteiger partial charge in [-0.1, -0.05) is 0 Å². The van der Waals surface area contributed by atoms with E-state index in [-0.39, 0.29) is 0 Å². The Morgan fingerprint density at radius 1 is 1.64 bits per heavy atom. The highest BCUT2D eigenvalue weighted by molar-refractivity contribution is 5.75. The standard InChI is InChI=1S/C7H9N3O4/c1-4(8)6(12)14-10-3-2-5(11)9-7(10)13/h2-4H,8H2,1H3,(H,9,11,13)/t4-/m0/s1. The Kier molecular flexibility index (Phi) is 2.82. The Balaban J connectivity index is 2.94. The van der Waals surface area contributed by atoms with Gasteiger partial charge in [0.25, 0.3) is 5.56 Å². The van der Waals surface area contributed by atoms with Crippen molar-refractivity contribution in [2.45, 2.75) is 13.0 Å². The predicted octanol–water partition coefficient (Wildman–Crippen LogP) is -2.16. The number of aromatic nitrogens is 2. The van der Waals surface area contributed by atoms with Gasteiger partial charge in [0.2, 0.25) is 0 Å².